The molecule has 1 unspecified atom stereocenters. The lowest BCUT2D eigenvalue weighted by Gasteiger charge is -2.56. The summed E-state index contributed by atoms with van der Waals surface area (Å²) in [7, 11) is 3.13. The van der Waals surface area contributed by atoms with E-state index in [1.807, 2.05) is 4.90 Å². The van der Waals surface area contributed by atoms with Gasteiger partial charge >= 0.3 is 0 Å². The van der Waals surface area contributed by atoms with Gasteiger partial charge in [0.15, 0.2) is 0 Å². The zero-order chi connectivity index (χ0) is 16.2. The molecule has 4 aliphatic carbocycles. The van der Waals surface area contributed by atoms with Crippen molar-refractivity contribution < 1.29 is 14.4 Å². The summed E-state index contributed by atoms with van der Waals surface area (Å²) in [6.45, 7) is 0.731. The van der Waals surface area contributed by atoms with Crippen LogP contribution in [-0.2, 0) is 14.4 Å². The van der Waals surface area contributed by atoms with Gasteiger partial charge in [-0.15, -0.1) is 0 Å². The molecule has 4 bridgehead atoms. The van der Waals surface area contributed by atoms with Crippen LogP contribution in [0.15, 0.2) is 0 Å². The molecule has 0 spiro atoms. The second-order valence-electron chi connectivity index (χ2n) is 8.37. The maximum Gasteiger partial charge on any atom is 0.268 e. The van der Waals surface area contributed by atoms with Crippen molar-refractivity contribution in [3.05, 3.63) is 0 Å². The molecule has 5 aliphatic rings. The van der Waals surface area contributed by atoms with Crippen molar-refractivity contribution in [2.45, 2.75) is 57.4 Å². The van der Waals surface area contributed by atoms with E-state index in [0.29, 0.717) is 0 Å². The number of hydrogen-bond donors (Lipinski definition) is 0. The number of carbonyl (C=O) groups excluding carboxylic acids is 2. The molecule has 1 saturated heterocycles. The van der Waals surface area contributed by atoms with Crippen LogP contribution < -0.4 is 0 Å². The van der Waals surface area contributed by atoms with E-state index in [0.717, 1.165) is 56.4 Å². The van der Waals surface area contributed by atoms with Crippen LogP contribution in [0.25, 0.3) is 0 Å². The lowest BCUT2D eigenvalue weighted by Crippen LogP contribution is -2.57. The van der Waals surface area contributed by atoms with Gasteiger partial charge in [-0.1, -0.05) is 0 Å². The number of carbonyl (C=O) groups is 2. The highest BCUT2D eigenvalue weighted by Gasteiger charge is 2.56. The zero-order valence-electron chi connectivity index (χ0n) is 14.3. The molecule has 23 heavy (non-hydrogen) atoms. The fraction of sp³-hybridized carbons (Fsp3) is 0.889. The standard InChI is InChI=1S/C18H28N2O3/c1-19(23-2)16(21)15-4-3-5-20(15)17(22)18-9-12-6-13(10-18)8-14(7-12)11-18/h12-15H,3-11H2,1-2H3. The average Bonchev–Trinajstić information content (AvgIpc) is 3.00. The first-order valence-corrected chi connectivity index (χ1v) is 9.15. The van der Waals surface area contributed by atoms with Gasteiger partial charge in [0.05, 0.1) is 12.5 Å². The molecule has 0 aromatic rings. The molecule has 5 fully saturated rings. The van der Waals surface area contributed by atoms with Gasteiger partial charge < -0.3 is 4.90 Å². The Kier molecular flexibility index (Phi) is 3.67. The highest BCUT2D eigenvalue weighted by Crippen LogP contribution is 2.60. The van der Waals surface area contributed by atoms with Crippen molar-refractivity contribution in [2.75, 3.05) is 20.7 Å². The highest BCUT2D eigenvalue weighted by atomic mass is 16.7. The largest absolute Gasteiger partial charge is 0.330 e. The monoisotopic (exact) mass is 320 g/mol. The van der Waals surface area contributed by atoms with Gasteiger partial charge in [-0.05, 0) is 69.1 Å². The smallest absolute Gasteiger partial charge is 0.268 e. The van der Waals surface area contributed by atoms with E-state index < -0.39 is 0 Å². The second kappa shape index (κ2) is 5.47. The summed E-state index contributed by atoms with van der Waals surface area (Å²) in [5.41, 5.74) is -0.150. The van der Waals surface area contributed by atoms with Crippen molar-refractivity contribution in [1.29, 1.82) is 0 Å². The van der Waals surface area contributed by atoms with Crippen molar-refractivity contribution in [3.8, 4) is 0 Å². The molecule has 1 heterocycles. The molecular formula is C18H28N2O3. The number of hydroxylamine groups is 2. The number of hydrogen-bond acceptors (Lipinski definition) is 3. The minimum absolute atomic E-state index is 0.0805. The predicted octanol–water partition coefficient (Wildman–Crippen LogP) is 2.21. The van der Waals surface area contributed by atoms with Crippen LogP contribution in [0.2, 0.25) is 0 Å². The quantitative estimate of drug-likeness (QED) is 0.749. The van der Waals surface area contributed by atoms with Crippen LogP contribution in [0.1, 0.15) is 51.4 Å². The van der Waals surface area contributed by atoms with E-state index in [1.165, 1.54) is 31.4 Å². The van der Waals surface area contributed by atoms with Crippen LogP contribution >= 0.6 is 0 Å². The van der Waals surface area contributed by atoms with Gasteiger partial charge in [-0.3, -0.25) is 14.4 Å². The first-order valence-electron chi connectivity index (χ1n) is 9.15. The number of likely N-dealkylation sites (N-methyl/N-ethyl adjacent to an activating group) is 1. The summed E-state index contributed by atoms with van der Waals surface area (Å²) in [5.74, 6) is 2.45. The van der Waals surface area contributed by atoms with Crippen molar-refractivity contribution in [1.82, 2.24) is 9.96 Å². The molecule has 128 valence electrons. The van der Waals surface area contributed by atoms with E-state index in [4.69, 9.17) is 4.84 Å². The van der Waals surface area contributed by atoms with Crippen molar-refractivity contribution in [3.63, 3.8) is 0 Å². The average molecular weight is 320 g/mol. The summed E-state index contributed by atoms with van der Waals surface area (Å²) in [6.07, 6.45) is 8.89. The predicted molar refractivity (Wildman–Crippen MR) is 85.1 cm³/mol. The molecule has 0 radical (unpaired) electrons. The van der Waals surface area contributed by atoms with Crippen LogP contribution in [0.4, 0.5) is 0 Å². The highest BCUT2D eigenvalue weighted by molar-refractivity contribution is 5.90. The SMILES string of the molecule is CON(C)C(=O)C1CCCN1C(=O)C12CC3CC(CC(C3)C1)C2. The first-order chi connectivity index (χ1) is 11.0. The van der Waals surface area contributed by atoms with E-state index >= 15 is 0 Å². The molecule has 4 saturated carbocycles. The Labute approximate surface area is 138 Å². The molecule has 5 nitrogen and oxygen atoms in total. The molecule has 5 heteroatoms. The Morgan fingerprint density at radius 1 is 1.09 bits per heavy atom. The summed E-state index contributed by atoms with van der Waals surface area (Å²) < 4.78 is 0. The van der Waals surface area contributed by atoms with Crippen LogP contribution in [0, 0.1) is 23.2 Å². The molecule has 0 N–H and O–H groups in total. The van der Waals surface area contributed by atoms with Gasteiger partial charge in [0.25, 0.3) is 5.91 Å². The molecule has 1 atom stereocenters. The van der Waals surface area contributed by atoms with Gasteiger partial charge in [0, 0.05) is 13.6 Å². The third-order valence-corrected chi connectivity index (χ3v) is 6.87. The molecule has 1 aliphatic heterocycles. The Balaban J connectivity index is 1.55. The van der Waals surface area contributed by atoms with Gasteiger partial charge in [-0.2, -0.15) is 0 Å². The summed E-state index contributed by atoms with van der Waals surface area (Å²) >= 11 is 0. The minimum Gasteiger partial charge on any atom is -0.330 e. The van der Waals surface area contributed by atoms with E-state index in [-0.39, 0.29) is 23.3 Å². The van der Waals surface area contributed by atoms with Crippen molar-refractivity contribution in [2.24, 2.45) is 23.2 Å². The Hall–Kier alpha value is -1.10. The maximum absolute atomic E-state index is 13.4. The fourth-order valence-corrected chi connectivity index (χ4v) is 6.24. The number of amides is 2. The Morgan fingerprint density at radius 3 is 2.17 bits per heavy atom. The second-order valence-corrected chi connectivity index (χ2v) is 8.37. The van der Waals surface area contributed by atoms with Gasteiger partial charge in [-0.25, -0.2) is 5.06 Å². The number of likely N-dealkylation sites (tertiary alicyclic amines) is 1. The van der Waals surface area contributed by atoms with E-state index in [1.54, 1.807) is 7.05 Å². The number of nitrogens with zero attached hydrogens (tertiary/aromatic N) is 2. The molecule has 0 aromatic heterocycles. The van der Waals surface area contributed by atoms with Crippen LogP contribution in [-0.4, -0.2) is 48.5 Å². The summed E-state index contributed by atoms with van der Waals surface area (Å²) in [5, 5.41) is 1.27. The van der Waals surface area contributed by atoms with Crippen LogP contribution in [0.5, 0.6) is 0 Å². The number of rotatable bonds is 3. The van der Waals surface area contributed by atoms with E-state index in [2.05, 4.69) is 0 Å². The third-order valence-electron chi connectivity index (χ3n) is 6.87. The third kappa shape index (κ3) is 2.39. The van der Waals surface area contributed by atoms with Crippen molar-refractivity contribution >= 4 is 11.8 Å². The zero-order valence-corrected chi connectivity index (χ0v) is 14.3. The molecular weight excluding hydrogens is 292 g/mol. The Morgan fingerprint density at radius 2 is 1.65 bits per heavy atom. The lowest BCUT2D eigenvalue weighted by atomic mass is 9.49. The summed E-state index contributed by atoms with van der Waals surface area (Å²) in [6, 6.07) is -0.319. The lowest BCUT2D eigenvalue weighted by molar-refractivity contribution is -0.178. The minimum atomic E-state index is -0.319. The van der Waals surface area contributed by atoms with E-state index in [9.17, 15) is 9.59 Å². The maximum atomic E-state index is 13.4. The van der Waals surface area contributed by atoms with Gasteiger partial charge in [0.1, 0.15) is 6.04 Å². The first kappa shape index (κ1) is 15.4. The molecule has 0 aromatic carbocycles. The van der Waals surface area contributed by atoms with Crippen LogP contribution in [0.3, 0.4) is 0 Å². The Bertz CT molecular complexity index is 483. The topological polar surface area (TPSA) is 49.9 Å². The molecule has 5 rings (SSSR count). The normalized spacial score (nSPS) is 41.4. The fourth-order valence-electron chi connectivity index (χ4n) is 6.24. The van der Waals surface area contributed by atoms with Gasteiger partial charge in [0.2, 0.25) is 5.91 Å². The molecule has 2 amide bonds. The summed E-state index contributed by atoms with van der Waals surface area (Å²) in [4.78, 5) is 32.9.